The molecule has 1 nitrogen and oxygen atoms in total. The van der Waals surface area contributed by atoms with Crippen LogP contribution in [0.1, 0.15) is 24.0 Å². The van der Waals surface area contributed by atoms with E-state index in [1.165, 1.54) is 23.8 Å². The summed E-state index contributed by atoms with van der Waals surface area (Å²) >= 11 is 0. The van der Waals surface area contributed by atoms with Crippen LogP contribution in [0.15, 0.2) is 54.1 Å². The Morgan fingerprint density at radius 3 is 2.14 bits per heavy atom. The van der Waals surface area contributed by atoms with Crippen molar-refractivity contribution in [1.82, 2.24) is 4.90 Å². The monoisotopic (exact) mass is 299 g/mol. The van der Waals surface area contributed by atoms with Gasteiger partial charge in [-0.15, -0.1) is 0 Å². The third-order valence-electron chi connectivity index (χ3n) is 4.10. The minimum Gasteiger partial charge on any atom is -0.298 e. The standard InChI is InChI=1S/C19H19F2N/c20-18-7-4-8-19(21)17(18)13-15-9-11-22(12-10-15)14-16-5-2-1-3-6-16/h1-8,13H,9-12,14H2. The molecule has 1 fully saturated rings. The van der Waals surface area contributed by atoms with Crippen molar-refractivity contribution in [3.63, 3.8) is 0 Å². The van der Waals surface area contributed by atoms with Crippen LogP contribution in [0.4, 0.5) is 8.78 Å². The van der Waals surface area contributed by atoms with Crippen LogP contribution >= 0.6 is 0 Å². The molecule has 3 heteroatoms. The maximum Gasteiger partial charge on any atom is 0.133 e. The molecule has 22 heavy (non-hydrogen) atoms. The summed E-state index contributed by atoms with van der Waals surface area (Å²) in [7, 11) is 0. The molecule has 0 saturated carbocycles. The second kappa shape index (κ2) is 6.84. The molecule has 2 aromatic rings. The Balaban J connectivity index is 1.63. The molecule has 0 N–H and O–H groups in total. The summed E-state index contributed by atoms with van der Waals surface area (Å²) in [4.78, 5) is 2.38. The Morgan fingerprint density at radius 2 is 1.50 bits per heavy atom. The molecular weight excluding hydrogens is 280 g/mol. The first-order valence-corrected chi connectivity index (χ1v) is 7.62. The molecule has 0 amide bonds. The van der Waals surface area contributed by atoms with Crippen molar-refractivity contribution in [3.8, 4) is 0 Å². The van der Waals surface area contributed by atoms with E-state index in [0.29, 0.717) is 0 Å². The summed E-state index contributed by atoms with van der Waals surface area (Å²) in [6.07, 6.45) is 3.41. The van der Waals surface area contributed by atoms with Crippen LogP contribution < -0.4 is 0 Å². The van der Waals surface area contributed by atoms with Gasteiger partial charge in [0.2, 0.25) is 0 Å². The fourth-order valence-corrected chi connectivity index (χ4v) is 2.84. The molecule has 0 bridgehead atoms. The van der Waals surface area contributed by atoms with Crippen molar-refractivity contribution in [2.24, 2.45) is 0 Å². The quantitative estimate of drug-likeness (QED) is 0.798. The van der Waals surface area contributed by atoms with Crippen molar-refractivity contribution in [3.05, 3.63) is 76.9 Å². The average Bonchev–Trinajstić information content (AvgIpc) is 2.54. The second-order valence-electron chi connectivity index (χ2n) is 5.70. The van der Waals surface area contributed by atoms with Crippen LogP contribution in [0.25, 0.3) is 6.08 Å². The largest absolute Gasteiger partial charge is 0.298 e. The van der Waals surface area contributed by atoms with E-state index >= 15 is 0 Å². The van der Waals surface area contributed by atoms with Gasteiger partial charge in [0.25, 0.3) is 0 Å². The molecule has 0 unspecified atom stereocenters. The van der Waals surface area contributed by atoms with Crippen LogP contribution in [0, 0.1) is 11.6 Å². The molecule has 0 atom stereocenters. The van der Waals surface area contributed by atoms with Crippen LogP contribution in [0.3, 0.4) is 0 Å². The molecule has 1 saturated heterocycles. The lowest BCUT2D eigenvalue weighted by atomic mass is 10.00. The van der Waals surface area contributed by atoms with Gasteiger partial charge in [0, 0.05) is 25.2 Å². The highest BCUT2D eigenvalue weighted by molar-refractivity contribution is 5.54. The topological polar surface area (TPSA) is 3.24 Å². The van der Waals surface area contributed by atoms with Gasteiger partial charge in [-0.3, -0.25) is 4.90 Å². The Kier molecular flexibility index (Phi) is 4.64. The third kappa shape index (κ3) is 3.60. The average molecular weight is 299 g/mol. The number of hydrogen-bond acceptors (Lipinski definition) is 1. The first kappa shape index (κ1) is 14.9. The lowest BCUT2D eigenvalue weighted by Crippen LogP contribution is -2.30. The van der Waals surface area contributed by atoms with E-state index in [-0.39, 0.29) is 5.56 Å². The van der Waals surface area contributed by atoms with E-state index in [1.807, 2.05) is 18.2 Å². The number of likely N-dealkylation sites (tertiary alicyclic amines) is 1. The van der Waals surface area contributed by atoms with E-state index in [1.54, 1.807) is 6.08 Å². The maximum atomic E-state index is 13.7. The molecule has 0 radical (unpaired) electrons. The normalized spacial score (nSPS) is 15.8. The summed E-state index contributed by atoms with van der Waals surface area (Å²) in [5, 5.41) is 0. The molecular formula is C19H19F2N. The number of piperidine rings is 1. The summed E-state index contributed by atoms with van der Waals surface area (Å²) in [6, 6.07) is 14.4. The van der Waals surface area contributed by atoms with Gasteiger partial charge >= 0.3 is 0 Å². The molecule has 114 valence electrons. The Labute approximate surface area is 129 Å². The molecule has 1 aliphatic heterocycles. The predicted molar refractivity (Wildman–Crippen MR) is 85.3 cm³/mol. The molecule has 3 rings (SSSR count). The van der Waals surface area contributed by atoms with Crippen molar-refractivity contribution < 1.29 is 8.78 Å². The van der Waals surface area contributed by atoms with Crippen molar-refractivity contribution in [2.75, 3.05) is 13.1 Å². The van der Waals surface area contributed by atoms with Crippen LogP contribution in [0.2, 0.25) is 0 Å². The maximum absolute atomic E-state index is 13.7. The van der Waals surface area contributed by atoms with Gasteiger partial charge in [0.15, 0.2) is 0 Å². The third-order valence-corrected chi connectivity index (χ3v) is 4.10. The minimum atomic E-state index is -0.487. The van der Waals surface area contributed by atoms with E-state index in [4.69, 9.17) is 0 Å². The molecule has 2 aromatic carbocycles. The zero-order valence-corrected chi connectivity index (χ0v) is 12.4. The van der Waals surface area contributed by atoms with Crippen molar-refractivity contribution in [2.45, 2.75) is 19.4 Å². The number of rotatable bonds is 3. The molecule has 1 aliphatic rings. The summed E-state index contributed by atoms with van der Waals surface area (Å²) < 4.78 is 27.3. The lowest BCUT2D eigenvalue weighted by molar-refractivity contribution is 0.249. The van der Waals surface area contributed by atoms with E-state index < -0.39 is 11.6 Å². The van der Waals surface area contributed by atoms with Gasteiger partial charge in [-0.25, -0.2) is 8.78 Å². The highest BCUT2D eigenvalue weighted by Gasteiger charge is 2.15. The van der Waals surface area contributed by atoms with Crippen LogP contribution in [0.5, 0.6) is 0 Å². The summed E-state index contributed by atoms with van der Waals surface area (Å²) in [6.45, 7) is 2.79. The fourth-order valence-electron chi connectivity index (χ4n) is 2.84. The van der Waals surface area contributed by atoms with E-state index in [9.17, 15) is 8.78 Å². The van der Waals surface area contributed by atoms with E-state index in [0.717, 1.165) is 38.0 Å². The van der Waals surface area contributed by atoms with Gasteiger partial charge < -0.3 is 0 Å². The summed E-state index contributed by atoms with van der Waals surface area (Å²) in [5.41, 5.74) is 2.51. The Bertz CT molecular complexity index is 634. The molecule has 0 aliphatic carbocycles. The van der Waals surface area contributed by atoms with Crippen molar-refractivity contribution in [1.29, 1.82) is 0 Å². The highest BCUT2D eigenvalue weighted by atomic mass is 19.1. The second-order valence-corrected chi connectivity index (χ2v) is 5.70. The van der Waals surface area contributed by atoms with Gasteiger partial charge in [-0.05, 0) is 36.6 Å². The number of halogens is 2. The van der Waals surface area contributed by atoms with Crippen LogP contribution in [-0.2, 0) is 6.54 Å². The lowest BCUT2D eigenvalue weighted by Gasteiger charge is -2.28. The van der Waals surface area contributed by atoms with Gasteiger partial charge in [0.1, 0.15) is 11.6 Å². The zero-order chi connectivity index (χ0) is 15.4. The van der Waals surface area contributed by atoms with Gasteiger partial charge in [-0.2, -0.15) is 0 Å². The first-order valence-electron chi connectivity index (χ1n) is 7.62. The number of hydrogen-bond donors (Lipinski definition) is 0. The molecule has 1 heterocycles. The van der Waals surface area contributed by atoms with Crippen LogP contribution in [-0.4, -0.2) is 18.0 Å². The van der Waals surface area contributed by atoms with Crippen molar-refractivity contribution >= 4 is 6.08 Å². The predicted octanol–water partition coefficient (Wildman–Crippen LogP) is 4.64. The SMILES string of the molecule is Fc1cccc(F)c1C=C1CCN(Cc2ccccc2)CC1. The summed E-state index contributed by atoms with van der Waals surface area (Å²) in [5.74, 6) is -0.974. The molecule has 0 aromatic heterocycles. The Morgan fingerprint density at radius 1 is 0.864 bits per heavy atom. The minimum absolute atomic E-state index is 0.0917. The highest BCUT2D eigenvalue weighted by Crippen LogP contribution is 2.23. The fraction of sp³-hybridized carbons (Fsp3) is 0.263. The smallest absolute Gasteiger partial charge is 0.133 e. The number of nitrogens with zero attached hydrogens (tertiary/aromatic N) is 1. The first-order chi connectivity index (χ1) is 10.7. The molecule has 0 spiro atoms. The van der Waals surface area contributed by atoms with E-state index in [2.05, 4.69) is 17.0 Å². The Hall–Kier alpha value is -2.00. The number of benzene rings is 2. The van der Waals surface area contributed by atoms with Gasteiger partial charge in [-0.1, -0.05) is 42.0 Å². The zero-order valence-electron chi connectivity index (χ0n) is 12.4. The van der Waals surface area contributed by atoms with Gasteiger partial charge in [0.05, 0.1) is 0 Å².